The third-order valence-corrected chi connectivity index (χ3v) is 5.20. The smallest absolute Gasteiger partial charge is 0.249 e. The van der Waals surface area contributed by atoms with Crippen LogP contribution in [0.4, 0.5) is 0 Å². The SMILES string of the molecule is C=CCN(C)C(=O)C1CCCN1C(=O)/C(C)=C/[C@H](C(C)C)N(C)C(=O)CNC=O. The van der Waals surface area contributed by atoms with E-state index in [1.54, 1.807) is 43.0 Å². The minimum Gasteiger partial charge on any atom is -0.350 e. The summed E-state index contributed by atoms with van der Waals surface area (Å²) in [5, 5.41) is 2.37. The van der Waals surface area contributed by atoms with Gasteiger partial charge in [-0.05, 0) is 25.7 Å². The highest BCUT2D eigenvalue weighted by Crippen LogP contribution is 2.22. The van der Waals surface area contributed by atoms with Gasteiger partial charge in [0, 0.05) is 32.8 Å². The van der Waals surface area contributed by atoms with Crippen molar-refractivity contribution in [2.75, 3.05) is 33.7 Å². The van der Waals surface area contributed by atoms with Crippen molar-refractivity contribution >= 4 is 24.1 Å². The van der Waals surface area contributed by atoms with E-state index in [1.807, 2.05) is 13.8 Å². The molecule has 8 heteroatoms. The highest BCUT2D eigenvalue weighted by atomic mass is 16.2. The molecule has 0 aromatic carbocycles. The maximum atomic E-state index is 13.1. The number of carbonyl (C=O) groups is 4. The van der Waals surface area contributed by atoms with Gasteiger partial charge < -0.3 is 20.0 Å². The average molecular weight is 407 g/mol. The second-order valence-corrected chi connectivity index (χ2v) is 7.75. The molecule has 162 valence electrons. The number of nitrogens with one attached hydrogen (secondary N) is 1. The van der Waals surface area contributed by atoms with E-state index >= 15 is 0 Å². The summed E-state index contributed by atoms with van der Waals surface area (Å²) in [4.78, 5) is 53.2. The lowest BCUT2D eigenvalue weighted by Gasteiger charge is -2.31. The number of carbonyl (C=O) groups excluding carboxylic acids is 4. The van der Waals surface area contributed by atoms with Crippen LogP contribution in [0.3, 0.4) is 0 Å². The normalized spacial score (nSPS) is 17.7. The fourth-order valence-corrected chi connectivity index (χ4v) is 3.53. The Morgan fingerprint density at radius 1 is 1.28 bits per heavy atom. The number of amides is 4. The fraction of sp³-hybridized carbons (Fsp3) is 0.619. The lowest BCUT2D eigenvalue weighted by Crippen LogP contribution is -2.47. The first-order valence-corrected chi connectivity index (χ1v) is 9.93. The molecule has 29 heavy (non-hydrogen) atoms. The first-order chi connectivity index (χ1) is 13.6. The molecule has 1 aliphatic rings. The Hall–Kier alpha value is -2.64. The van der Waals surface area contributed by atoms with Crippen LogP contribution in [0.5, 0.6) is 0 Å². The first kappa shape index (κ1) is 24.4. The molecule has 0 spiro atoms. The summed E-state index contributed by atoms with van der Waals surface area (Å²) in [5.41, 5.74) is 0.498. The van der Waals surface area contributed by atoms with Crippen LogP contribution in [0, 0.1) is 5.92 Å². The second kappa shape index (κ2) is 11.4. The summed E-state index contributed by atoms with van der Waals surface area (Å²) >= 11 is 0. The molecule has 4 amide bonds. The molecule has 1 aliphatic heterocycles. The van der Waals surface area contributed by atoms with Crippen molar-refractivity contribution in [2.45, 2.75) is 45.7 Å². The zero-order valence-corrected chi connectivity index (χ0v) is 18.2. The van der Waals surface area contributed by atoms with Gasteiger partial charge in [0.2, 0.25) is 24.1 Å². The summed E-state index contributed by atoms with van der Waals surface area (Å²) in [5.74, 6) is -0.452. The van der Waals surface area contributed by atoms with Crippen molar-refractivity contribution in [3.05, 3.63) is 24.3 Å². The van der Waals surface area contributed by atoms with E-state index in [9.17, 15) is 19.2 Å². The maximum Gasteiger partial charge on any atom is 0.249 e. The molecule has 1 heterocycles. The molecule has 1 fully saturated rings. The number of rotatable bonds is 10. The molecule has 1 unspecified atom stereocenters. The second-order valence-electron chi connectivity index (χ2n) is 7.75. The van der Waals surface area contributed by atoms with Crippen LogP contribution in [-0.4, -0.2) is 84.6 Å². The lowest BCUT2D eigenvalue weighted by molar-refractivity contribution is -0.140. The van der Waals surface area contributed by atoms with Crippen LogP contribution >= 0.6 is 0 Å². The zero-order chi connectivity index (χ0) is 22.1. The van der Waals surface area contributed by atoms with Crippen molar-refractivity contribution in [1.29, 1.82) is 0 Å². The predicted molar refractivity (Wildman–Crippen MR) is 112 cm³/mol. The zero-order valence-electron chi connectivity index (χ0n) is 18.2. The minimum atomic E-state index is -0.468. The van der Waals surface area contributed by atoms with Crippen LogP contribution < -0.4 is 5.32 Å². The van der Waals surface area contributed by atoms with Gasteiger partial charge >= 0.3 is 0 Å². The predicted octanol–water partition coefficient (Wildman–Crippen LogP) is 0.797. The quantitative estimate of drug-likeness (QED) is 0.330. The van der Waals surface area contributed by atoms with Gasteiger partial charge in [0.05, 0.1) is 12.6 Å². The van der Waals surface area contributed by atoms with E-state index in [0.717, 1.165) is 6.42 Å². The Morgan fingerprint density at radius 2 is 1.93 bits per heavy atom. The van der Waals surface area contributed by atoms with Crippen LogP contribution in [0.1, 0.15) is 33.6 Å². The number of hydrogen-bond donors (Lipinski definition) is 1. The summed E-state index contributed by atoms with van der Waals surface area (Å²) in [6, 6.07) is -0.774. The van der Waals surface area contributed by atoms with Gasteiger partial charge in [0.25, 0.3) is 0 Å². The van der Waals surface area contributed by atoms with Crippen LogP contribution in [0.15, 0.2) is 24.3 Å². The topological polar surface area (TPSA) is 90.0 Å². The third kappa shape index (κ3) is 6.44. The molecule has 1 saturated heterocycles. The maximum absolute atomic E-state index is 13.1. The Bertz CT molecular complexity index is 659. The largest absolute Gasteiger partial charge is 0.350 e. The van der Waals surface area contributed by atoms with E-state index in [0.29, 0.717) is 31.5 Å². The highest BCUT2D eigenvalue weighted by Gasteiger charge is 2.36. The van der Waals surface area contributed by atoms with E-state index in [2.05, 4.69) is 11.9 Å². The van der Waals surface area contributed by atoms with Crippen LogP contribution in [-0.2, 0) is 19.2 Å². The number of hydrogen-bond acceptors (Lipinski definition) is 4. The minimum absolute atomic E-state index is 0.0673. The van der Waals surface area contributed by atoms with Crippen LogP contribution in [0.2, 0.25) is 0 Å². The Kier molecular flexibility index (Phi) is 9.58. The van der Waals surface area contributed by atoms with Crippen molar-refractivity contribution in [3.63, 3.8) is 0 Å². The molecule has 0 bridgehead atoms. The molecule has 1 rings (SSSR count). The molecule has 8 nitrogen and oxygen atoms in total. The third-order valence-electron chi connectivity index (χ3n) is 5.20. The summed E-state index contributed by atoms with van der Waals surface area (Å²) in [6.07, 6.45) is 5.33. The molecule has 0 aliphatic carbocycles. The number of likely N-dealkylation sites (tertiary alicyclic amines) is 1. The van der Waals surface area contributed by atoms with Gasteiger partial charge in [0.15, 0.2) is 0 Å². The monoisotopic (exact) mass is 406 g/mol. The first-order valence-electron chi connectivity index (χ1n) is 9.93. The van der Waals surface area contributed by atoms with Gasteiger partial charge in [-0.3, -0.25) is 19.2 Å². The van der Waals surface area contributed by atoms with Crippen molar-refractivity contribution in [3.8, 4) is 0 Å². The van der Waals surface area contributed by atoms with Crippen LogP contribution in [0.25, 0.3) is 0 Å². The lowest BCUT2D eigenvalue weighted by atomic mass is 9.99. The van der Waals surface area contributed by atoms with E-state index in [1.165, 1.54) is 4.90 Å². The van der Waals surface area contributed by atoms with Gasteiger partial charge in [-0.2, -0.15) is 0 Å². The molecular formula is C21H34N4O4. The number of nitrogens with zero attached hydrogens (tertiary/aromatic N) is 3. The van der Waals surface area contributed by atoms with Crippen molar-refractivity contribution in [1.82, 2.24) is 20.0 Å². The summed E-state index contributed by atoms with van der Waals surface area (Å²) in [6.45, 7) is 10.2. The molecule has 0 radical (unpaired) electrons. The summed E-state index contributed by atoms with van der Waals surface area (Å²) in [7, 11) is 3.36. The van der Waals surface area contributed by atoms with E-state index in [4.69, 9.17) is 0 Å². The number of likely N-dealkylation sites (N-methyl/N-ethyl adjacent to an activating group) is 2. The van der Waals surface area contributed by atoms with E-state index < -0.39 is 6.04 Å². The highest BCUT2D eigenvalue weighted by molar-refractivity contribution is 5.97. The van der Waals surface area contributed by atoms with Crippen molar-refractivity contribution < 1.29 is 19.2 Å². The Labute approximate surface area is 173 Å². The van der Waals surface area contributed by atoms with E-state index in [-0.39, 0.29) is 36.2 Å². The molecule has 0 saturated carbocycles. The molecule has 1 N–H and O–H groups in total. The van der Waals surface area contributed by atoms with Crippen molar-refractivity contribution in [2.24, 2.45) is 5.92 Å². The molecule has 2 atom stereocenters. The Morgan fingerprint density at radius 3 is 2.48 bits per heavy atom. The molecule has 0 aromatic heterocycles. The standard InChI is InChI=1S/C21H34N4O4/c1-7-10-23(5)21(29)17-9-8-11-25(17)20(28)16(4)12-18(15(2)3)24(6)19(27)13-22-14-26/h7,12,14-15,17-18H,1,8-11,13H2,2-6H3,(H,22,26)/b16-12+/t17?,18-/m1/s1. The van der Waals surface area contributed by atoms with Gasteiger partial charge in [0.1, 0.15) is 6.04 Å². The molecular weight excluding hydrogens is 372 g/mol. The van der Waals surface area contributed by atoms with Gasteiger partial charge in [-0.1, -0.05) is 26.0 Å². The van der Waals surface area contributed by atoms with Gasteiger partial charge in [-0.25, -0.2) is 0 Å². The average Bonchev–Trinajstić information content (AvgIpc) is 3.17. The summed E-state index contributed by atoms with van der Waals surface area (Å²) < 4.78 is 0. The fourth-order valence-electron chi connectivity index (χ4n) is 3.53. The Balaban J connectivity index is 2.98. The molecule has 0 aromatic rings. The van der Waals surface area contributed by atoms with Gasteiger partial charge in [-0.15, -0.1) is 6.58 Å².